The van der Waals surface area contributed by atoms with Crippen LogP contribution in [0.1, 0.15) is 24.5 Å². The van der Waals surface area contributed by atoms with Crippen LogP contribution in [0.2, 0.25) is 0 Å². The van der Waals surface area contributed by atoms with Gasteiger partial charge in [-0.3, -0.25) is 0 Å². The molecular weight excluding hydrogens is 302 g/mol. The summed E-state index contributed by atoms with van der Waals surface area (Å²) in [7, 11) is 0. The monoisotopic (exact) mass is 318 g/mol. The molecule has 1 saturated heterocycles. The van der Waals surface area contributed by atoms with Crippen molar-refractivity contribution in [2.75, 3.05) is 18.4 Å². The molecule has 1 atom stereocenters. The third kappa shape index (κ3) is 3.80. The van der Waals surface area contributed by atoms with E-state index in [1.807, 2.05) is 6.07 Å². The quantitative estimate of drug-likeness (QED) is 0.925. The van der Waals surface area contributed by atoms with Gasteiger partial charge < -0.3 is 10.2 Å². The van der Waals surface area contributed by atoms with E-state index in [0.717, 1.165) is 36.7 Å². The Bertz CT molecular complexity index is 675. The molecule has 0 aliphatic carbocycles. The summed E-state index contributed by atoms with van der Waals surface area (Å²) in [5.41, 5.74) is 1.01. The molecule has 5 nitrogen and oxygen atoms in total. The lowest BCUT2D eigenvalue weighted by atomic mass is 9.95. The number of likely N-dealkylation sites (tertiary alicyclic amines) is 1. The molecule has 1 aliphatic rings. The second-order valence-electron chi connectivity index (χ2n) is 5.51. The Labute approximate surface area is 132 Å². The van der Waals surface area contributed by atoms with E-state index in [1.165, 1.54) is 6.33 Å². The van der Waals surface area contributed by atoms with Crippen molar-refractivity contribution in [3.8, 4) is 0 Å². The number of halogens is 2. The highest BCUT2D eigenvalue weighted by Gasteiger charge is 2.25. The lowest BCUT2D eigenvalue weighted by Gasteiger charge is -2.32. The van der Waals surface area contributed by atoms with Gasteiger partial charge in [0.1, 0.15) is 18.0 Å². The lowest BCUT2D eigenvalue weighted by Crippen LogP contribution is -2.41. The molecule has 2 amide bonds. The first-order chi connectivity index (χ1) is 11.1. The first-order valence-electron chi connectivity index (χ1n) is 7.40. The molecule has 1 aliphatic heterocycles. The third-order valence-electron chi connectivity index (χ3n) is 3.85. The van der Waals surface area contributed by atoms with Gasteiger partial charge in [0.15, 0.2) is 0 Å². The molecular formula is C16H16F2N4O. The number of aromatic nitrogens is 2. The minimum atomic E-state index is -0.724. The van der Waals surface area contributed by atoms with E-state index < -0.39 is 11.6 Å². The summed E-state index contributed by atoms with van der Waals surface area (Å²) in [4.78, 5) is 22.1. The van der Waals surface area contributed by atoms with Crippen LogP contribution in [0.15, 0.2) is 36.8 Å². The Morgan fingerprint density at radius 1 is 1.26 bits per heavy atom. The van der Waals surface area contributed by atoms with E-state index in [4.69, 9.17) is 0 Å². The predicted molar refractivity (Wildman–Crippen MR) is 81.0 cm³/mol. The number of amides is 2. The number of rotatable bonds is 2. The van der Waals surface area contributed by atoms with Crippen LogP contribution >= 0.6 is 0 Å². The third-order valence-corrected chi connectivity index (χ3v) is 3.85. The normalized spacial score (nSPS) is 17.8. The van der Waals surface area contributed by atoms with Gasteiger partial charge in [-0.15, -0.1) is 0 Å². The number of benzene rings is 1. The van der Waals surface area contributed by atoms with Gasteiger partial charge in [-0.25, -0.2) is 23.5 Å². The van der Waals surface area contributed by atoms with Crippen LogP contribution in [-0.2, 0) is 0 Å². The van der Waals surface area contributed by atoms with Crippen molar-refractivity contribution in [1.29, 1.82) is 0 Å². The summed E-state index contributed by atoms with van der Waals surface area (Å²) >= 11 is 0. The molecule has 0 spiro atoms. The molecule has 0 saturated carbocycles. The zero-order valence-electron chi connectivity index (χ0n) is 12.4. The maximum absolute atomic E-state index is 13.2. The summed E-state index contributed by atoms with van der Waals surface area (Å²) in [6.07, 6.45) is 4.95. The van der Waals surface area contributed by atoms with Crippen molar-refractivity contribution in [2.24, 2.45) is 0 Å². The Balaban J connectivity index is 1.67. The van der Waals surface area contributed by atoms with Crippen molar-refractivity contribution >= 4 is 11.7 Å². The van der Waals surface area contributed by atoms with Crippen molar-refractivity contribution in [1.82, 2.24) is 14.9 Å². The van der Waals surface area contributed by atoms with Crippen molar-refractivity contribution < 1.29 is 13.6 Å². The predicted octanol–water partition coefficient (Wildman–Crippen LogP) is 3.17. The standard InChI is InChI=1S/C16H16F2N4O/c17-12-6-13(18)8-14(7-12)21-16(23)22-5-1-2-11(9-22)15-3-4-19-10-20-15/h3-4,6-8,10-11H,1-2,5,9H2,(H,21,23)/t11-/m0/s1. The number of carbonyl (C=O) groups excluding carboxylic acids is 1. The highest BCUT2D eigenvalue weighted by molar-refractivity contribution is 5.89. The summed E-state index contributed by atoms with van der Waals surface area (Å²) < 4.78 is 26.4. The van der Waals surface area contributed by atoms with E-state index >= 15 is 0 Å². The largest absolute Gasteiger partial charge is 0.324 e. The smallest absolute Gasteiger partial charge is 0.321 e. The molecule has 0 unspecified atom stereocenters. The molecule has 1 aromatic heterocycles. The molecule has 2 heterocycles. The highest BCUT2D eigenvalue weighted by atomic mass is 19.1. The van der Waals surface area contributed by atoms with Gasteiger partial charge >= 0.3 is 6.03 Å². The molecule has 23 heavy (non-hydrogen) atoms. The zero-order chi connectivity index (χ0) is 16.2. The maximum Gasteiger partial charge on any atom is 0.321 e. The number of anilines is 1. The molecule has 3 rings (SSSR count). The van der Waals surface area contributed by atoms with Crippen LogP contribution in [-0.4, -0.2) is 34.0 Å². The molecule has 1 N–H and O–H groups in total. The molecule has 0 bridgehead atoms. The fourth-order valence-electron chi connectivity index (χ4n) is 2.77. The first kappa shape index (κ1) is 15.3. The number of nitrogens with one attached hydrogen (secondary N) is 1. The minimum absolute atomic E-state index is 0.108. The van der Waals surface area contributed by atoms with Gasteiger partial charge in [-0.1, -0.05) is 0 Å². The fraction of sp³-hybridized carbons (Fsp3) is 0.312. The highest BCUT2D eigenvalue weighted by Crippen LogP contribution is 2.25. The molecule has 0 radical (unpaired) electrons. The molecule has 120 valence electrons. The summed E-state index contributed by atoms with van der Waals surface area (Å²) in [6, 6.07) is 4.42. The topological polar surface area (TPSA) is 58.1 Å². The maximum atomic E-state index is 13.2. The van der Waals surface area contributed by atoms with Gasteiger partial charge in [0, 0.05) is 42.7 Å². The Kier molecular flexibility index (Phi) is 4.45. The fourth-order valence-corrected chi connectivity index (χ4v) is 2.77. The van der Waals surface area contributed by atoms with Gasteiger partial charge in [-0.2, -0.15) is 0 Å². The van der Waals surface area contributed by atoms with Gasteiger partial charge in [-0.05, 0) is 31.0 Å². The number of piperidine rings is 1. The van der Waals surface area contributed by atoms with Crippen molar-refractivity contribution in [2.45, 2.75) is 18.8 Å². The van der Waals surface area contributed by atoms with Crippen LogP contribution in [0.25, 0.3) is 0 Å². The Morgan fingerprint density at radius 3 is 2.74 bits per heavy atom. The minimum Gasteiger partial charge on any atom is -0.324 e. The van der Waals surface area contributed by atoms with Gasteiger partial charge in [0.05, 0.1) is 0 Å². The van der Waals surface area contributed by atoms with Crippen molar-refractivity contribution in [3.63, 3.8) is 0 Å². The van der Waals surface area contributed by atoms with Crippen molar-refractivity contribution in [3.05, 3.63) is 54.1 Å². The zero-order valence-corrected chi connectivity index (χ0v) is 12.4. The van der Waals surface area contributed by atoms with Gasteiger partial charge in [0.2, 0.25) is 0 Å². The summed E-state index contributed by atoms with van der Waals surface area (Å²) in [5, 5.41) is 2.54. The van der Waals surface area contributed by atoms with Gasteiger partial charge in [0.25, 0.3) is 0 Å². The Morgan fingerprint density at radius 2 is 2.04 bits per heavy atom. The van der Waals surface area contributed by atoms with E-state index in [9.17, 15) is 13.6 Å². The van der Waals surface area contributed by atoms with Crippen LogP contribution < -0.4 is 5.32 Å². The van der Waals surface area contributed by atoms with E-state index in [0.29, 0.717) is 13.1 Å². The lowest BCUT2D eigenvalue weighted by molar-refractivity contribution is 0.192. The second-order valence-corrected chi connectivity index (χ2v) is 5.51. The molecule has 7 heteroatoms. The summed E-state index contributed by atoms with van der Waals surface area (Å²) in [5.74, 6) is -1.31. The molecule has 1 aromatic carbocycles. The second kappa shape index (κ2) is 6.68. The van der Waals surface area contributed by atoms with Crippen LogP contribution in [0.4, 0.5) is 19.3 Å². The number of nitrogens with zero attached hydrogens (tertiary/aromatic N) is 3. The van der Waals surface area contributed by atoms with E-state index in [2.05, 4.69) is 15.3 Å². The summed E-state index contributed by atoms with van der Waals surface area (Å²) in [6.45, 7) is 1.12. The van der Waals surface area contributed by atoms with E-state index in [-0.39, 0.29) is 17.6 Å². The number of hydrogen-bond donors (Lipinski definition) is 1. The SMILES string of the molecule is O=C(Nc1cc(F)cc(F)c1)N1CCC[C@H](c2ccncn2)C1. The van der Waals surface area contributed by atoms with Crippen LogP contribution in [0.3, 0.4) is 0 Å². The Hall–Kier alpha value is -2.57. The molecule has 1 fully saturated rings. The average molecular weight is 318 g/mol. The van der Waals surface area contributed by atoms with Crippen LogP contribution in [0, 0.1) is 11.6 Å². The average Bonchev–Trinajstić information content (AvgIpc) is 2.55. The number of hydrogen-bond acceptors (Lipinski definition) is 3. The van der Waals surface area contributed by atoms with E-state index in [1.54, 1.807) is 11.1 Å². The first-order valence-corrected chi connectivity index (χ1v) is 7.40. The number of urea groups is 1. The van der Waals surface area contributed by atoms with Crippen LogP contribution in [0.5, 0.6) is 0 Å². The molecule has 2 aromatic rings. The number of carbonyl (C=O) groups is 1.